The van der Waals surface area contributed by atoms with Crippen molar-refractivity contribution in [2.45, 2.75) is 75.7 Å². The summed E-state index contributed by atoms with van der Waals surface area (Å²) < 4.78 is 14.8. The highest BCUT2D eigenvalue weighted by molar-refractivity contribution is 7.98. The lowest BCUT2D eigenvalue weighted by Gasteiger charge is -2.22. The number of aromatic nitrogens is 3. The van der Waals surface area contributed by atoms with E-state index < -0.39 is 0 Å². The zero-order chi connectivity index (χ0) is 22.5. The average molecular weight is 451 g/mol. The molecule has 2 atom stereocenters. The van der Waals surface area contributed by atoms with Gasteiger partial charge in [0.1, 0.15) is 0 Å². The van der Waals surface area contributed by atoms with Crippen LogP contribution < -0.4 is 5.32 Å². The number of halogens is 1. The highest BCUT2D eigenvalue weighted by Gasteiger charge is 2.30. The van der Waals surface area contributed by atoms with Crippen molar-refractivity contribution in [3.8, 4) is 0 Å². The molecular formula is C26H31FN4S. The third-order valence-electron chi connectivity index (χ3n) is 6.83. The van der Waals surface area contributed by atoms with Crippen LogP contribution in [0.1, 0.15) is 85.6 Å². The largest absolute Gasteiger partial charge is 0.336 e. The summed E-state index contributed by atoms with van der Waals surface area (Å²) in [7, 11) is 0. The molecule has 2 aromatic heterocycles. The van der Waals surface area contributed by atoms with Crippen LogP contribution in [0.3, 0.4) is 0 Å². The number of aromatic amines is 1. The molecule has 3 aromatic rings. The number of thioether (sulfide) groups is 1. The fourth-order valence-electron chi connectivity index (χ4n) is 4.93. The number of fused-ring (bicyclic) bond motifs is 1. The first-order chi connectivity index (χ1) is 15.3. The second-order valence-electron chi connectivity index (χ2n) is 10.3. The van der Waals surface area contributed by atoms with Crippen molar-refractivity contribution in [2.75, 3.05) is 5.32 Å². The zero-order valence-corrected chi connectivity index (χ0v) is 20.1. The molecule has 5 rings (SSSR count). The molecule has 2 unspecified atom stereocenters. The third kappa shape index (κ3) is 4.17. The van der Waals surface area contributed by atoms with E-state index in [4.69, 9.17) is 4.98 Å². The van der Waals surface area contributed by atoms with Crippen molar-refractivity contribution in [2.24, 2.45) is 0 Å². The van der Waals surface area contributed by atoms with Crippen LogP contribution in [0.4, 0.5) is 15.9 Å². The maximum Gasteiger partial charge on any atom is 0.152 e. The number of anilines is 2. The standard InChI is InChI=1S/C26H31FN4S/c1-15-9-19(26(2,3)4)11-22(28-15)16-5-6-17(10-16)23-12-24(31-30-23)29-21-8-7-18-13-32-14-20(18)25(21)27/h7-9,11-12,16-17H,5-6,10,13-14H2,1-4H3,(H2,29,30,31). The molecule has 4 nitrogen and oxygen atoms in total. The first kappa shape index (κ1) is 21.5. The van der Waals surface area contributed by atoms with Gasteiger partial charge < -0.3 is 5.32 Å². The topological polar surface area (TPSA) is 53.6 Å². The molecule has 1 fully saturated rings. The molecule has 2 aliphatic rings. The summed E-state index contributed by atoms with van der Waals surface area (Å²) in [6, 6.07) is 10.4. The van der Waals surface area contributed by atoms with Gasteiger partial charge in [0.05, 0.1) is 5.69 Å². The minimum Gasteiger partial charge on any atom is -0.336 e. The molecule has 0 radical (unpaired) electrons. The van der Waals surface area contributed by atoms with Gasteiger partial charge in [-0.1, -0.05) is 26.8 Å². The van der Waals surface area contributed by atoms with E-state index in [0.717, 1.165) is 53.3 Å². The van der Waals surface area contributed by atoms with Crippen molar-refractivity contribution < 1.29 is 4.39 Å². The van der Waals surface area contributed by atoms with E-state index >= 15 is 0 Å². The van der Waals surface area contributed by atoms with Gasteiger partial charge in [0.25, 0.3) is 0 Å². The van der Waals surface area contributed by atoms with E-state index in [9.17, 15) is 4.39 Å². The van der Waals surface area contributed by atoms with Crippen LogP contribution in [0.5, 0.6) is 0 Å². The quantitative estimate of drug-likeness (QED) is 0.445. The molecule has 168 valence electrons. The molecule has 6 heteroatoms. The lowest BCUT2D eigenvalue weighted by atomic mass is 9.85. The van der Waals surface area contributed by atoms with Crippen LogP contribution >= 0.6 is 11.8 Å². The van der Waals surface area contributed by atoms with Crippen LogP contribution in [-0.2, 0) is 16.9 Å². The number of benzene rings is 1. The second-order valence-corrected chi connectivity index (χ2v) is 11.3. The minimum absolute atomic E-state index is 0.121. The molecule has 0 spiro atoms. The van der Waals surface area contributed by atoms with Crippen LogP contribution in [0.15, 0.2) is 30.3 Å². The van der Waals surface area contributed by atoms with E-state index in [2.05, 4.69) is 55.3 Å². The molecule has 1 aliphatic carbocycles. The van der Waals surface area contributed by atoms with Gasteiger partial charge in [0.15, 0.2) is 11.6 Å². The predicted molar refractivity (Wildman–Crippen MR) is 130 cm³/mol. The summed E-state index contributed by atoms with van der Waals surface area (Å²) in [5.41, 5.74) is 7.35. The highest BCUT2D eigenvalue weighted by atomic mass is 32.2. The van der Waals surface area contributed by atoms with Gasteiger partial charge in [-0.05, 0) is 60.9 Å². The summed E-state index contributed by atoms with van der Waals surface area (Å²) in [6.45, 7) is 8.86. The molecule has 32 heavy (non-hydrogen) atoms. The number of nitrogens with one attached hydrogen (secondary N) is 2. The first-order valence-electron chi connectivity index (χ1n) is 11.5. The van der Waals surface area contributed by atoms with E-state index in [1.165, 1.54) is 11.3 Å². The number of aryl methyl sites for hydroxylation is 1. The molecule has 0 saturated heterocycles. The van der Waals surface area contributed by atoms with E-state index in [0.29, 0.717) is 23.3 Å². The van der Waals surface area contributed by atoms with Crippen molar-refractivity contribution >= 4 is 23.3 Å². The SMILES string of the molecule is Cc1cc(C(C)(C)C)cc(C2CCC(c3cc(Nc4ccc5c(c4F)CSC5)n[nH]3)C2)n1. The van der Waals surface area contributed by atoms with Crippen LogP contribution in [0.25, 0.3) is 0 Å². The maximum atomic E-state index is 14.8. The molecule has 3 heterocycles. The fraction of sp³-hybridized carbons (Fsp3) is 0.462. The second kappa shape index (κ2) is 8.22. The molecule has 0 bridgehead atoms. The molecular weight excluding hydrogens is 419 g/mol. The molecule has 2 N–H and O–H groups in total. The van der Waals surface area contributed by atoms with Crippen molar-refractivity contribution in [1.29, 1.82) is 0 Å². The molecule has 1 aliphatic heterocycles. The number of hydrogen-bond donors (Lipinski definition) is 2. The zero-order valence-electron chi connectivity index (χ0n) is 19.3. The van der Waals surface area contributed by atoms with Crippen molar-refractivity contribution in [3.63, 3.8) is 0 Å². The van der Waals surface area contributed by atoms with Crippen molar-refractivity contribution in [3.05, 3.63) is 69.9 Å². The van der Waals surface area contributed by atoms with Gasteiger partial charge in [0.2, 0.25) is 0 Å². The van der Waals surface area contributed by atoms with Gasteiger partial charge in [-0.2, -0.15) is 16.9 Å². The van der Waals surface area contributed by atoms with Crippen LogP contribution in [0.2, 0.25) is 0 Å². The van der Waals surface area contributed by atoms with E-state index in [1.807, 2.05) is 18.2 Å². The Morgan fingerprint density at radius 1 is 1.09 bits per heavy atom. The Kier molecular flexibility index (Phi) is 5.52. The number of nitrogens with zero attached hydrogens (tertiary/aromatic N) is 2. The first-order valence-corrected chi connectivity index (χ1v) is 12.6. The Morgan fingerprint density at radius 3 is 2.72 bits per heavy atom. The number of hydrogen-bond acceptors (Lipinski definition) is 4. The van der Waals surface area contributed by atoms with Gasteiger partial charge in [0, 0.05) is 52.1 Å². The summed E-state index contributed by atoms with van der Waals surface area (Å²) in [4.78, 5) is 4.88. The minimum atomic E-state index is -0.141. The normalized spacial score (nSPS) is 20.5. The van der Waals surface area contributed by atoms with Gasteiger partial charge in [-0.25, -0.2) is 4.39 Å². The average Bonchev–Trinajstić information content (AvgIpc) is 3.49. The number of rotatable bonds is 4. The fourth-order valence-corrected chi connectivity index (χ4v) is 6.04. The Labute approximate surface area is 193 Å². The Hall–Kier alpha value is -2.34. The van der Waals surface area contributed by atoms with Gasteiger partial charge >= 0.3 is 0 Å². The smallest absolute Gasteiger partial charge is 0.152 e. The van der Waals surface area contributed by atoms with Gasteiger partial charge in [-0.3, -0.25) is 10.1 Å². The summed E-state index contributed by atoms with van der Waals surface area (Å²) in [5.74, 6) is 3.07. The monoisotopic (exact) mass is 450 g/mol. The Bertz CT molecular complexity index is 1150. The molecule has 0 amide bonds. The predicted octanol–water partition coefficient (Wildman–Crippen LogP) is 7.09. The lowest BCUT2D eigenvalue weighted by Crippen LogP contribution is -2.13. The van der Waals surface area contributed by atoms with Gasteiger partial charge in [-0.15, -0.1) is 0 Å². The molecule has 1 aromatic carbocycles. The lowest BCUT2D eigenvalue weighted by molar-refractivity contribution is 0.581. The van der Waals surface area contributed by atoms with E-state index in [1.54, 1.807) is 11.8 Å². The summed E-state index contributed by atoms with van der Waals surface area (Å²) in [6.07, 6.45) is 3.30. The van der Waals surface area contributed by atoms with Crippen LogP contribution in [0, 0.1) is 12.7 Å². The number of H-pyrrole nitrogens is 1. The van der Waals surface area contributed by atoms with Crippen molar-refractivity contribution in [1.82, 2.24) is 15.2 Å². The highest BCUT2D eigenvalue weighted by Crippen LogP contribution is 2.44. The number of pyridine rings is 1. The maximum absolute atomic E-state index is 14.8. The van der Waals surface area contributed by atoms with E-state index in [-0.39, 0.29) is 11.2 Å². The van der Waals surface area contributed by atoms with Crippen LogP contribution in [-0.4, -0.2) is 15.2 Å². The summed E-state index contributed by atoms with van der Waals surface area (Å²) >= 11 is 1.76. The summed E-state index contributed by atoms with van der Waals surface area (Å²) in [5, 5.41) is 10.8. The third-order valence-corrected chi connectivity index (χ3v) is 7.84. The Balaban J connectivity index is 1.30. The molecule has 1 saturated carbocycles. The Morgan fingerprint density at radius 2 is 1.91 bits per heavy atom.